The van der Waals surface area contributed by atoms with Crippen molar-refractivity contribution >= 4 is 33.6 Å². The monoisotopic (exact) mass is 303 g/mol. The minimum absolute atomic E-state index is 0. The summed E-state index contributed by atoms with van der Waals surface area (Å²) in [7, 11) is -3.14. The number of nitrogens with two attached hydrogens (primary N) is 1. The van der Waals surface area contributed by atoms with Gasteiger partial charge in [-0.2, -0.15) is 11.3 Å². The van der Waals surface area contributed by atoms with Crippen molar-refractivity contribution in [2.24, 2.45) is 5.73 Å². The molecule has 0 aliphatic heterocycles. The Morgan fingerprint density at radius 3 is 2.17 bits per heavy atom. The minimum Gasteiger partial charge on any atom is -0.320 e. The van der Waals surface area contributed by atoms with E-state index in [1.165, 1.54) is 6.26 Å². The van der Waals surface area contributed by atoms with Crippen molar-refractivity contribution in [1.82, 2.24) is 0 Å². The number of halogens is 1. The van der Waals surface area contributed by atoms with Gasteiger partial charge in [0.2, 0.25) is 0 Å². The number of benzene rings is 1. The number of sulfone groups is 1. The van der Waals surface area contributed by atoms with Crippen molar-refractivity contribution in [3.63, 3.8) is 0 Å². The van der Waals surface area contributed by atoms with Crippen molar-refractivity contribution < 1.29 is 8.42 Å². The zero-order valence-corrected chi connectivity index (χ0v) is 12.2. The van der Waals surface area contributed by atoms with Crippen LogP contribution in [0.2, 0.25) is 0 Å². The third kappa shape index (κ3) is 3.32. The molecule has 1 heterocycles. The highest BCUT2D eigenvalue weighted by atomic mass is 35.5. The molecule has 0 saturated carbocycles. The Labute approximate surface area is 117 Å². The maximum absolute atomic E-state index is 11.3. The van der Waals surface area contributed by atoms with Gasteiger partial charge < -0.3 is 5.73 Å². The second-order valence-corrected chi connectivity index (χ2v) is 6.67. The van der Waals surface area contributed by atoms with Crippen LogP contribution in [0.25, 0.3) is 0 Å². The minimum atomic E-state index is -3.14. The normalized spacial score (nSPS) is 12.8. The fourth-order valence-corrected chi connectivity index (χ4v) is 2.89. The summed E-state index contributed by atoms with van der Waals surface area (Å²) in [4.78, 5) is 0.318. The van der Waals surface area contributed by atoms with Gasteiger partial charge in [0, 0.05) is 6.26 Å². The average Bonchev–Trinajstić information content (AvgIpc) is 2.80. The molecule has 0 amide bonds. The third-order valence-corrected chi connectivity index (χ3v) is 4.40. The van der Waals surface area contributed by atoms with E-state index in [4.69, 9.17) is 5.73 Å². The van der Waals surface area contributed by atoms with E-state index in [2.05, 4.69) is 0 Å². The van der Waals surface area contributed by atoms with Crippen molar-refractivity contribution in [3.05, 3.63) is 52.2 Å². The van der Waals surface area contributed by atoms with Crippen molar-refractivity contribution in [3.8, 4) is 0 Å². The van der Waals surface area contributed by atoms with Gasteiger partial charge in [-0.25, -0.2) is 8.42 Å². The largest absolute Gasteiger partial charge is 0.320 e. The van der Waals surface area contributed by atoms with Crippen LogP contribution >= 0.6 is 23.7 Å². The van der Waals surface area contributed by atoms with Gasteiger partial charge in [-0.1, -0.05) is 12.1 Å². The van der Waals surface area contributed by atoms with Gasteiger partial charge in [0.1, 0.15) is 0 Å². The summed E-state index contributed by atoms with van der Waals surface area (Å²) in [5, 5.41) is 3.97. The Hall–Kier alpha value is -0.880. The number of hydrogen-bond acceptors (Lipinski definition) is 4. The molecule has 0 fully saturated rings. The summed E-state index contributed by atoms with van der Waals surface area (Å²) < 4.78 is 22.6. The second-order valence-electron chi connectivity index (χ2n) is 3.88. The van der Waals surface area contributed by atoms with Crippen molar-refractivity contribution in [1.29, 1.82) is 0 Å². The number of thiophene rings is 1. The number of hydrogen-bond donors (Lipinski definition) is 1. The molecule has 0 saturated heterocycles. The molecule has 18 heavy (non-hydrogen) atoms. The van der Waals surface area contributed by atoms with Gasteiger partial charge in [0.25, 0.3) is 0 Å². The molecule has 0 aliphatic carbocycles. The van der Waals surface area contributed by atoms with Gasteiger partial charge >= 0.3 is 0 Å². The summed E-state index contributed by atoms with van der Waals surface area (Å²) in [5.74, 6) is 0. The van der Waals surface area contributed by atoms with E-state index < -0.39 is 9.84 Å². The molecule has 2 aromatic rings. The lowest BCUT2D eigenvalue weighted by Crippen LogP contribution is -2.11. The van der Waals surface area contributed by atoms with E-state index in [0.29, 0.717) is 4.90 Å². The summed E-state index contributed by atoms with van der Waals surface area (Å²) in [5.41, 5.74) is 8.03. The Balaban J connectivity index is 0.00000162. The van der Waals surface area contributed by atoms with Gasteiger partial charge in [0.05, 0.1) is 10.9 Å². The van der Waals surface area contributed by atoms with Crippen LogP contribution in [0.3, 0.4) is 0 Å². The molecule has 1 aromatic heterocycles. The molecule has 0 aliphatic rings. The third-order valence-electron chi connectivity index (χ3n) is 2.57. The molecule has 1 atom stereocenters. The average molecular weight is 304 g/mol. The predicted octanol–water partition coefficient (Wildman–Crippen LogP) is 2.62. The van der Waals surface area contributed by atoms with E-state index in [1.807, 2.05) is 16.8 Å². The van der Waals surface area contributed by atoms with Gasteiger partial charge in [-0.15, -0.1) is 12.4 Å². The smallest absolute Gasteiger partial charge is 0.175 e. The fraction of sp³-hybridized carbons (Fsp3) is 0.167. The first-order valence-electron chi connectivity index (χ1n) is 5.06. The predicted molar refractivity (Wildman–Crippen MR) is 77.1 cm³/mol. The summed E-state index contributed by atoms with van der Waals surface area (Å²) in [6.45, 7) is 0. The van der Waals surface area contributed by atoms with Crippen LogP contribution in [0.5, 0.6) is 0 Å². The summed E-state index contributed by atoms with van der Waals surface area (Å²) >= 11 is 1.59. The Bertz CT molecular complexity index is 592. The van der Waals surface area contributed by atoms with Crippen LogP contribution < -0.4 is 5.73 Å². The van der Waals surface area contributed by atoms with Crippen LogP contribution in [0.15, 0.2) is 46.0 Å². The van der Waals surface area contributed by atoms with Crippen LogP contribution in [0, 0.1) is 0 Å². The van der Waals surface area contributed by atoms with E-state index in [1.54, 1.807) is 35.6 Å². The Morgan fingerprint density at radius 2 is 1.72 bits per heavy atom. The van der Waals surface area contributed by atoms with Crippen LogP contribution in [-0.2, 0) is 9.84 Å². The second kappa shape index (κ2) is 5.84. The lowest BCUT2D eigenvalue weighted by Gasteiger charge is -2.10. The van der Waals surface area contributed by atoms with Crippen molar-refractivity contribution in [2.75, 3.05) is 6.26 Å². The standard InChI is InChI=1S/C12H13NO2S2.ClH/c1-17(14,15)11-4-2-9(3-5-11)12(13)10-6-7-16-8-10;/h2-8,12H,13H2,1H3;1H/t12-;/m0./s1. The SMILES string of the molecule is CS(=O)(=O)c1ccc([C@H](N)c2ccsc2)cc1.Cl. The molecular formula is C12H14ClNO2S2. The van der Waals surface area contributed by atoms with Gasteiger partial charge in [-0.3, -0.25) is 0 Å². The molecule has 2 N–H and O–H groups in total. The molecule has 98 valence electrons. The summed E-state index contributed by atoms with van der Waals surface area (Å²) in [6, 6.07) is 8.49. The lowest BCUT2D eigenvalue weighted by molar-refractivity contribution is 0.602. The topological polar surface area (TPSA) is 60.2 Å². The molecule has 0 unspecified atom stereocenters. The number of rotatable bonds is 3. The molecule has 2 rings (SSSR count). The van der Waals surface area contributed by atoms with Crippen molar-refractivity contribution in [2.45, 2.75) is 10.9 Å². The first-order valence-corrected chi connectivity index (χ1v) is 7.89. The van der Waals surface area contributed by atoms with Gasteiger partial charge in [-0.05, 0) is 40.1 Å². The molecular weight excluding hydrogens is 290 g/mol. The van der Waals surface area contributed by atoms with Crippen LogP contribution in [-0.4, -0.2) is 14.7 Å². The van der Waals surface area contributed by atoms with E-state index >= 15 is 0 Å². The van der Waals surface area contributed by atoms with Gasteiger partial charge in [0.15, 0.2) is 9.84 Å². The molecule has 0 spiro atoms. The molecule has 0 bridgehead atoms. The summed E-state index contributed by atoms with van der Waals surface area (Å²) in [6.07, 6.45) is 1.20. The van der Waals surface area contributed by atoms with Crippen LogP contribution in [0.4, 0.5) is 0 Å². The Morgan fingerprint density at radius 1 is 1.11 bits per heavy atom. The maximum Gasteiger partial charge on any atom is 0.175 e. The molecule has 6 heteroatoms. The maximum atomic E-state index is 11.3. The highest BCUT2D eigenvalue weighted by Gasteiger charge is 2.11. The van der Waals surface area contributed by atoms with Crippen LogP contribution in [0.1, 0.15) is 17.2 Å². The molecule has 1 aromatic carbocycles. The molecule has 3 nitrogen and oxygen atoms in total. The zero-order valence-electron chi connectivity index (χ0n) is 9.74. The van der Waals surface area contributed by atoms with E-state index in [0.717, 1.165) is 11.1 Å². The highest BCUT2D eigenvalue weighted by Crippen LogP contribution is 2.22. The Kier molecular flexibility index (Phi) is 4.92. The quantitative estimate of drug-likeness (QED) is 0.948. The fourth-order valence-electron chi connectivity index (χ4n) is 1.57. The van der Waals surface area contributed by atoms with E-state index in [-0.39, 0.29) is 18.4 Å². The van der Waals surface area contributed by atoms with E-state index in [9.17, 15) is 8.42 Å². The zero-order chi connectivity index (χ0) is 12.5. The first kappa shape index (κ1) is 15.2. The highest BCUT2D eigenvalue weighted by molar-refractivity contribution is 7.90. The lowest BCUT2D eigenvalue weighted by atomic mass is 10.0. The first-order chi connectivity index (χ1) is 7.98. The molecule has 0 radical (unpaired) electrons.